The summed E-state index contributed by atoms with van der Waals surface area (Å²) in [4.78, 5) is 5.06. The van der Waals surface area contributed by atoms with Gasteiger partial charge in [-0.2, -0.15) is 0 Å². The van der Waals surface area contributed by atoms with Crippen LogP contribution in [-0.2, 0) is 0 Å². The van der Waals surface area contributed by atoms with Crippen LogP contribution in [0.1, 0.15) is 39.5 Å². The van der Waals surface area contributed by atoms with Gasteiger partial charge in [-0.3, -0.25) is 9.80 Å². The zero-order valence-corrected chi connectivity index (χ0v) is 10.7. The Morgan fingerprint density at radius 2 is 1.94 bits per heavy atom. The number of hydrogen-bond acceptors (Lipinski definition) is 3. The molecule has 94 valence electrons. The number of hydrogen-bond donors (Lipinski definition) is 1. The van der Waals surface area contributed by atoms with E-state index >= 15 is 0 Å². The summed E-state index contributed by atoms with van der Waals surface area (Å²) in [6.07, 6.45) is 4.63. The van der Waals surface area contributed by atoms with Gasteiger partial charge in [-0.05, 0) is 26.3 Å². The number of aliphatic hydroxyl groups is 1. The van der Waals surface area contributed by atoms with Crippen LogP contribution >= 0.6 is 0 Å². The molecule has 3 atom stereocenters. The van der Waals surface area contributed by atoms with Crippen molar-refractivity contribution < 1.29 is 5.11 Å². The van der Waals surface area contributed by atoms with Crippen molar-refractivity contribution in [3.05, 3.63) is 0 Å². The third kappa shape index (κ3) is 2.58. The Morgan fingerprint density at radius 1 is 1.19 bits per heavy atom. The maximum absolute atomic E-state index is 10.1. The van der Waals surface area contributed by atoms with Gasteiger partial charge in [0.25, 0.3) is 0 Å². The molecular weight excluding hydrogens is 200 g/mol. The molecule has 0 spiro atoms. The zero-order valence-electron chi connectivity index (χ0n) is 10.7. The zero-order chi connectivity index (χ0) is 11.5. The lowest BCUT2D eigenvalue weighted by molar-refractivity contribution is -0.0175. The monoisotopic (exact) mass is 226 g/mol. The molecule has 1 saturated carbocycles. The minimum absolute atomic E-state index is 0.0749. The summed E-state index contributed by atoms with van der Waals surface area (Å²) in [6, 6.07) is 1.09. The van der Waals surface area contributed by atoms with Gasteiger partial charge in [0.15, 0.2) is 0 Å². The maximum Gasteiger partial charge on any atom is 0.0695 e. The highest BCUT2D eigenvalue weighted by Crippen LogP contribution is 2.25. The summed E-state index contributed by atoms with van der Waals surface area (Å²) < 4.78 is 0. The SMILES string of the molecule is CCN1CCN([C@@H]2CCCC[C@H]2O)CC1C. The van der Waals surface area contributed by atoms with Crippen LogP contribution in [0.2, 0.25) is 0 Å². The predicted octanol–water partition coefficient (Wildman–Crippen LogP) is 1.32. The molecule has 0 radical (unpaired) electrons. The molecule has 2 aliphatic rings. The lowest BCUT2D eigenvalue weighted by atomic mass is 9.90. The molecule has 16 heavy (non-hydrogen) atoms. The average Bonchev–Trinajstić information content (AvgIpc) is 2.29. The average molecular weight is 226 g/mol. The smallest absolute Gasteiger partial charge is 0.0695 e. The quantitative estimate of drug-likeness (QED) is 0.769. The van der Waals surface area contributed by atoms with Crippen molar-refractivity contribution in [2.75, 3.05) is 26.2 Å². The first-order valence-corrected chi connectivity index (χ1v) is 6.88. The summed E-state index contributed by atoms with van der Waals surface area (Å²) >= 11 is 0. The molecule has 0 amide bonds. The van der Waals surface area contributed by atoms with Crippen LogP contribution in [0.25, 0.3) is 0 Å². The van der Waals surface area contributed by atoms with E-state index < -0.39 is 0 Å². The van der Waals surface area contributed by atoms with Gasteiger partial charge in [-0.25, -0.2) is 0 Å². The molecule has 0 aromatic heterocycles. The molecule has 0 aromatic rings. The second-order valence-corrected chi connectivity index (χ2v) is 5.39. The molecule has 3 nitrogen and oxygen atoms in total. The Labute approximate surface area is 99.4 Å². The van der Waals surface area contributed by atoms with Gasteiger partial charge in [-0.1, -0.05) is 19.8 Å². The molecule has 2 fully saturated rings. The van der Waals surface area contributed by atoms with Gasteiger partial charge in [-0.15, -0.1) is 0 Å². The van der Waals surface area contributed by atoms with Crippen LogP contribution in [0.5, 0.6) is 0 Å². The maximum atomic E-state index is 10.1. The lowest BCUT2D eigenvalue weighted by Crippen LogP contribution is -2.57. The summed E-state index contributed by atoms with van der Waals surface area (Å²) in [5, 5.41) is 10.1. The molecule has 1 aliphatic heterocycles. The molecule has 1 aliphatic carbocycles. The highest BCUT2D eigenvalue weighted by molar-refractivity contribution is 4.88. The molecule has 1 saturated heterocycles. The summed E-state index contributed by atoms with van der Waals surface area (Å²) in [5.41, 5.74) is 0. The Balaban J connectivity index is 1.90. The van der Waals surface area contributed by atoms with Crippen LogP contribution < -0.4 is 0 Å². The number of aliphatic hydroxyl groups excluding tert-OH is 1. The fourth-order valence-electron chi connectivity index (χ4n) is 3.31. The minimum atomic E-state index is -0.0749. The standard InChI is InChI=1S/C13H26N2O/c1-3-14-8-9-15(10-11(14)2)12-6-4-5-7-13(12)16/h11-13,16H,3-10H2,1-2H3/t11?,12-,13-/m1/s1. The van der Waals surface area contributed by atoms with Crippen molar-refractivity contribution in [1.29, 1.82) is 0 Å². The van der Waals surface area contributed by atoms with Gasteiger partial charge in [0.05, 0.1) is 6.10 Å². The van der Waals surface area contributed by atoms with Crippen molar-refractivity contribution >= 4 is 0 Å². The third-order valence-electron chi connectivity index (χ3n) is 4.37. The first-order chi connectivity index (χ1) is 7.72. The Hall–Kier alpha value is -0.120. The van der Waals surface area contributed by atoms with Crippen LogP contribution in [0.15, 0.2) is 0 Å². The lowest BCUT2D eigenvalue weighted by Gasteiger charge is -2.45. The van der Waals surface area contributed by atoms with Gasteiger partial charge < -0.3 is 5.11 Å². The van der Waals surface area contributed by atoms with Gasteiger partial charge in [0, 0.05) is 31.7 Å². The number of nitrogens with zero attached hydrogens (tertiary/aromatic N) is 2. The number of rotatable bonds is 2. The van der Waals surface area contributed by atoms with E-state index in [0.29, 0.717) is 12.1 Å². The second-order valence-electron chi connectivity index (χ2n) is 5.39. The largest absolute Gasteiger partial charge is 0.391 e. The Morgan fingerprint density at radius 3 is 2.56 bits per heavy atom. The molecule has 1 unspecified atom stereocenters. The molecule has 1 heterocycles. The molecule has 3 heteroatoms. The van der Waals surface area contributed by atoms with Crippen molar-refractivity contribution in [1.82, 2.24) is 9.80 Å². The van der Waals surface area contributed by atoms with Gasteiger partial charge in [0.2, 0.25) is 0 Å². The van der Waals surface area contributed by atoms with E-state index in [0.717, 1.165) is 26.1 Å². The molecule has 1 N–H and O–H groups in total. The second kappa shape index (κ2) is 5.48. The topological polar surface area (TPSA) is 26.7 Å². The van der Waals surface area contributed by atoms with Crippen LogP contribution in [0, 0.1) is 0 Å². The summed E-state index contributed by atoms with van der Waals surface area (Å²) in [7, 11) is 0. The van der Waals surface area contributed by atoms with Crippen molar-refractivity contribution in [2.24, 2.45) is 0 Å². The predicted molar refractivity (Wildman–Crippen MR) is 66.5 cm³/mol. The number of likely N-dealkylation sites (N-methyl/N-ethyl adjacent to an activating group) is 1. The molecule has 0 aromatic carbocycles. The molecule has 0 bridgehead atoms. The van der Waals surface area contributed by atoms with E-state index in [-0.39, 0.29) is 6.10 Å². The number of piperazine rings is 1. The van der Waals surface area contributed by atoms with Gasteiger partial charge >= 0.3 is 0 Å². The molecular formula is C13H26N2O. The Bertz CT molecular complexity index is 222. The first-order valence-electron chi connectivity index (χ1n) is 6.88. The van der Waals surface area contributed by atoms with E-state index in [2.05, 4.69) is 23.6 Å². The summed E-state index contributed by atoms with van der Waals surface area (Å²) in [6.45, 7) is 9.14. The van der Waals surface area contributed by atoms with E-state index in [9.17, 15) is 5.11 Å². The fourth-order valence-corrected chi connectivity index (χ4v) is 3.31. The van der Waals surface area contributed by atoms with E-state index in [1.165, 1.54) is 25.8 Å². The van der Waals surface area contributed by atoms with Crippen molar-refractivity contribution in [2.45, 2.75) is 57.7 Å². The minimum Gasteiger partial charge on any atom is -0.391 e. The normalized spacial score (nSPS) is 38.8. The first kappa shape index (κ1) is 12.3. The van der Waals surface area contributed by atoms with E-state index in [1.54, 1.807) is 0 Å². The van der Waals surface area contributed by atoms with E-state index in [1.807, 2.05) is 0 Å². The Kier molecular flexibility index (Phi) is 4.22. The molecule has 2 rings (SSSR count). The van der Waals surface area contributed by atoms with Crippen molar-refractivity contribution in [3.63, 3.8) is 0 Å². The van der Waals surface area contributed by atoms with Gasteiger partial charge in [0.1, 0.15) is 0 Å². The fraction of sp³-hybridized carbons (Fsp3) is 1.00. The van der Waals surface area contributed by atoms with Crippen LogP contribution in [0.4, 0.5) is 0 Å². The van der Waals surface area contributed by atoms with Crippen LogP contribution in [0.3, 0.4) is 0 Å². The van der Waals surface area contributed by atoms with Crippen molar-refractivity contribution in [3.8, 4) is 0 Å². The van der Waals surface area contributed by atoms with Crippen LogP contribution in [-0.4, -0.2) is 59.3 Å². The highest BCUT2D eigenvalue weighted by Gasteiger charge is 2.32. The highest BCUT2D eigenvalue weighted by atomic mass is 16.3. The van der Waals surface area contributed by atoms with E-state index in [4.69, 9.17) is 0 Å². The summed E-state index contributed by atoms with van der Waals surface area (Å²) in [5.74, 6) is 0. The third-order valence-corrected chi connectivity index (χ3v) is 4.37.